The Labute approximate surface area is 137 Å². The fourth-order valence-electron chi connectivity index (χ4n) is 2.04. The molecule has 0 fully saturated rings. The second-order valence-corrected chi connectivity index (χ2v) is 6.12. The molecule has 6 heteroatoms. The third-order valence-corrected chi connectivity index (χ3v) is 3.43. The van der Waals surface area contributed by atoms with E-state index in [4.69, 9.17) is 10.3 Å². The van der Waals surface area contributed by atoms with Crippen molar-refractivity contribution >= 4 is 11.6 Å². The fourth-order valence-corrected chi connectivity index (χ4v) is 2.04. The van der Waals surface area contributed by atoms with Gasteiger partial charge in [0.25, 0.3) is 0 Å². The Hall–Kier alpha value is -2.37. The van der Waals surface area contributed by atoms with Crippen LogP contribution in [0, 0.1) is 0 Å². The van der Waals surface area contributed by atoms with E-state index in [1.54, 1.807) is 0 Å². The SMILES string of the molecule is CC(C)c1cccc(NC(N)=NCCc2nc(C(C)C)no2)c1. The van der Waals surface area contributed by atoms with Gasteiger partial charge in [0.15, 0.2) is 11.8 Å². The predicted octanol–water partition coefficient (Wildman–Crippen LogP) is 3.29. The smallest absolute Gasteiger partial charge is 0.228 e. The van der Waals surface area contributed by atoms with Crippen molar-refractivity contribution in [3.8, 4) is 0 Å². The van der Waals surface area contributed by atoms with Gasteiger partial charge < -0.3 is 15.6 Å². The molecule has 23 heavy (non-hydrogen) atoms. The minimum atomic E-state index is 0.260. The molecule has 0 atom stereocenters. The second-order valence-electron chi connectivity index (χ2n) is 6.12. The molecule has 0 saturated heterocycles. The van der Waals surface area contributed by atoms with Crippen molar-refractivity contribution in [3.63, 3.8) is 0 Å². The Morgan fingerprint density at radius 3 is 2.70 bits per heavy atom. The van der Waals surface area contributed by atoms with Crippen LogP contribution >= 0.6 is 0 Å². The van der Waals surface area contributed by atoms with E-state index in [0.717, 1.165) is 11.5 Å². The molecule has 2 aromatic rings. The van der Waals surface area contributed by atoms with Crippen LogP contribution < -0.4 is 11.1 Å². The zero-order valence-electron chi connectivity index (χ0n) is 14.2. The first kappa shape index (κ1) is 17.0. The van der Waals surface area contributed by atoms with Crippen molar-refractivity contribution < 1.29 is 4.52 Å². The fraction of sp³-hybridized carbons (Fsp3) is 0.471. The summed E-state index contributed by atoms with van der Waals surface area (Å²) >= 11 is 0. The number of anilines is 1. The third-order valence-electron chi connectivity index (χ3n) is 3.43. The van der Waals surface area contributed by atoms with E-state index in [1.165, 1.54) is 5.56 Å². The molecule has 1 heterocycles. The van der Waals surface area contributed by atoms with Gasteiger partial charge in [-0.25, -0.2) is 0 Å². The highest BCUT2D eigenvalue weighted by atomic mass is 16.5. The van der Waals surface area contributed by atoms with Gasteiger partial charge >= 0.3 is 0 Å². The molecule has 0 unspecified atom stereocenters. The summed E-state index contributed by atoms with van der Waals surface area (Å²) in [4.78, 5) is 8.61. The molecule has 0 aliphatic rings. The Morgan fingerprint density at radius 2 is 2.04 bits per heavy atom. The Balaban J connectivity index is 1.88. The van der Waals surface area contributed by atoms with Crippen LogP contribution in [0.4, 0.5) is 5.69 Å². The maximum absolute atomic E-state index is 5.92. The van der Waals surface area contributed by atoms with Gasteiger partial charge in [0.05, 0.1) is 6.54 Å². The van der Waals surface area contributed by atoms with E-state index in [-0.39, 0.29) is 5.92 Å². The molecule has 2 rings (SSSR count). The molecule has 0 radical (unpaired) electrons. The number of hydrogen-bond acceptors (Lipinski definition) is 4. The summed E-state index contributed by atoms with van der Waals surface area (Å²) in [6, 6.07) is 8.17. The third kappa shape index (κ3) is 5.09. The van der Waals surface area contributed by atoms with Crippen molar-refractivity contribution in [3.05, 3.63) is 41.5 Å². The van der Waals surface area contributed by atoms with Gasteiger partial charge in [-0.2, -0.15) is 4.98 Å². The van der Waals surface area contributed by atoms with Crippen LogP contribution in [0.1, 0.15) is 56.8 Å². The average Bonchev–Trinajstić information content (AvgIpc) is 2.96. The van der Waals surface area contributed by atoms with Crippen LogP contribution in [-0.4, -0.2) is 22.6 Å². The molecule has 0 spiro atoms. The first-order valence-electron chi connectivity index (χ1n) is 7.95. The van der Waals surface area contributed by atoms with Gasteiger partial charge in [0, 0.05) is 18.0 Å². The van der Waals surface area contributed by atoms with E-state index in [9.17, 15) is 0 Å². The molecule has 0 amide bonds. The first-order valence-corrected chi connectivity index (χ1v) is 7.95. The number of hydrogen-bond donors (Lipinski definition) is 2. The normalized spacial score (nSPS) is 12.2. The van der Waals surface area contributed by atoms with E-state index in [1.807, 2.05) is 26.0 Å². The van der Waals surface area contributed by atoms with Crippen molar-refractivity contribution in [2.24, 2.45) is 10.7 Å². The lowest BCUT2D eigenvalue weighted by Gasteiger charge is -2.09. The monoisotopic (exact) mass is 315 g/mol. The summed E-state index contributed by atoms with van der Waals surface area (Å²) in [5, 5.41) is 7.03. The number of benzene rings is 1. The van der Waals surface area contributed by atoms with Crippen LogP contribution in [0.15, 0.2) is 33.8 Å². The predicted molar refractivity (Wildman–Crippen MR) is 92.7 cm³/mol. The average molecular weight is 315 g/mol. The van der Waals surface area contributed by atoms with Gasteiger partial charge in [-0.3, -0.25) is 4.99 Å². The van der Waals surface area contributed by atoms with Crippen LogP contribution in [0.3, 0.4) is 0 Å². The van der Waals surface area contributed by atoms with Gasteiger partial charge in [-0.05, 0) is 23.6 Å². The zero-order chi connectivity index (χ0) is 16.8. The van der Waals surface area contributed by atoms with Crippen LogP contribution in [0.5, 0.6) is 0 Å². The van der Waals surface area contributed by atoms with Gasteiger partial charge in [0.2, 0.25) is 5.89 Å². The van der Waals surface area contributed by atoms with Gasteiger partial charge in [0.1, 0.15) is 0 Å². The summed E-state index contributed by atoms with van der Waals surface area (Å²) in [5.74, 6) is 2.43. The molecule has 0 aliphatic heterocycles. The number of guanidine groups is 1. The number of nitrogens with zero attached hydrogens (tertiary/aromatic N) is 3. The van der Waals surface area contributed by atoms with Crippen molar-refractivity contribution in [2.45, 2.75) is 46.0 Å². The zero-order valence-corrected chi connectivity index (χ0v) is 14.2. The molecule has 124 valence electrons. The Bertz CT molecular complexity index is 661. The minimum Gasteiger partial charge on any atom is -0.370 e. The lowest BCUT2D eigenvalue weighted by atomic mass is 10.0. The van der Waals surface area contributed by atoms with E-state index in [0.29, 0.717) is 30.7 Å². The van der Waals surface area contributed by atoms with Crippen molar-refractivity contribution in [1.82, 2.24) is 10.1 Å². The molecule has 0 saturated carbocycles. The van der Waals surface area contributed by atoms with E-state index >= 15 is 0 Å². The summed E-state index contributed by atoms with van der Waals surface area (Å²) in [6.07, 6.45) is 0.578. The minimum absolute atomic E-state index is 0.260. The highest BCUT2D eigenvalue weighted by molar-refractivity contribution is 5.92. The number of nitrogens with one attached hydrogen (secondary N) is 1. The number of rotatable bonds is 6. The maximum atomic E-state index is 5.92. The largest absolute Gasteiger partial charge is 0.370 e. The first-order chi connectivity index (χ1) is 11.0. The molecular formula is C17H25N5O. The van der Waals surface area contributed by atoms with Crippen LogP contribution in [0.25, 0.3) is 0 Å². The summed E-state index contributed by atoms with van der Waals surface area (Å²) in [6.45, 7) is 8.88. The van der Waals surface area contributed by atoms with Gasteiger partial charge in [-0.15, -0.1) is 0 Å². The number of aliphatic imine (C=N–C) groups is 1. The summed E-state index contributed by atoms with van der Waals surface area (Å²) in [7, 11) is 0. The molecule has 6 nitrogen and oxygen atoms in total. The maximum Gasteiger partial charge on any atom is 0.228 e. The van der Waals surface area contributed by atoms with Crippen LogP contribution in [0.2, 0.25) is 0 Å². The number of nitrogens with two attached hydrogens (primary N) is 1. The molecule has 0 bridgehead atoms. The molecular weight excluding hydrogens is 290 g/mol. The lowest BCUT2D eigenvalue weighted by Crippen LogP contribution is -2.23. The number of aromatic nitrogens is 2. The lowest BCUT2D eigenvalue weighted by molar-refractivity contribution is 0.372. The van der Waals surface area contributed by atoms with E-state index < -0.39 is 0 Å². The summed E-state index contributed by atoms with van der Waals surface area (Å²) < 4.78 is 5.18. The molecule has 1 aromatic heterocycles. The highest BCUT2D eigenvalue weighted by Crippen LogP contribution is 2.18. The second kappa shape index (κ2) is 7.76. The van der Waals surface area contributed by atoms with Crippen molar-refractivity contribution in [1.29, 1.82) is 0 Å². The summed E-state index contributed by atoms with van der Waals surface area (Å²) in [5.41, 5.74) is 8.12. The molecule has 3 N–H and O–H groups in total. The topological polar surface area (TPSA) is 89.3 Å². The quantitative estimate of drug-likeness (QED) is 0.630. The molecule has 0 aliphatic carbocycles. The Kier molecular flexibility index (Phi) is 5.73. The van der Waals surface area contributed by atoms with Gasteiger partial charge in [-0.1, -0.05) is 45.0 Å². The Morgan fingerprint density at radius 1 is 1.26 bits per heavy atom. The van der Waals surface area contributed by atoms with Crippen molar-refractivity contribution in [2.75, 3.05) is 11.9 Å². The molecule has 1 aromatic carbocycles. The standard InChI is InChI=1S/C17H25N5O/c1-11(2)13-6-5-7-14(10-13)20-17(18)19-9-8-15-21-16(12(3)4)22-23-15/h5-7,10-12H,8-9H2,1-4H3,(H3,18,19,20). The highest BCUT2D eigenvalue weighted by Gasteiger charge is 2.09. The van der Waals surface area contributed by atoms with E-state index in [2.05, 4.69) is 46.4 Å². The van der Waals surface area contributed by atoms with Crippen LogP contribution in [-0.2, 0) is 6.42 Å².